The molecule has 1 atom stereocenters. The van der Waals surface area contributed by atoms with Gasteiger partial charge in [0.2, 0.25) is 0 Å². The monoisotopic (exact) mass is 239 g/mol. The number of nitrogens with one attached hydrogen (secondary N) is 1. The van der Waals surface area contributed by atoms with Gasteiger partial charge in [0.25, 0.3) is 5.91 Å². The van der Waals surface area contributed by atoms with E-state index in [4.69, 9.17) is 5.11 Å². The van der Waals surface area contributed by atoms with Crippen LogP contribution in [0.2, 0.25) is 0 Å². The van der Waals surface area contributed by atoms with Crippen LogP contribution in [0.1, 0.15) is 30.1 Å². The van der Waals surface area contributed by atoms with E-state index >= 15 is 0 Å². The minimum absolute atomic E-state index is 0.0425. The lowest BCUT2D eigenvalue weighted by Gasteiger charge is -2.13. The number of hydrogen-bond donors (Lipinski definition) is 4. The van der Waals surface area contributed by atoms with E-state index in [0.29, 0.717) is 12.8 Å². The zero-order valence-corrected chi connectivity index (χ0v) is 9.68. The van der Waals surface area contributed by atoms with E-state index in [-0.39, 0.29) is 29.7 Å². The molecule has 5 nitrogen and oxygen atoms in total. The van der Waals surface area contributed by atoms with Crippen LogP contribution in [0.15, 0.2) is 18.2 Å². The number of carbonyl (C=O) groups excluding carboxylic acids is 1. The number of carbonyl (C=O) groups is 1. The summed E-state index contributed by atoms with van der Waals surface area (Å²) in [5.41, 5.74) is 0.0425. The van der Waals surface area contributed by atoms with Gasteiger partial charge in [-0.2, -0.15) is 0 Å². The summed E-state index contributed by atoms with van der Waals surface area (Å²) >= 11 is 0. The Morgan fingerprint density at radius 1 is 1.41 bits per heavy atom. The predicted molar refractivity (Wildman–Crippen MR) is 63.0 cm³/mol. The summed E-state index contributed by atoms with van der Waals surface area (Å²) in [6.45, 7) is 1.89. The summed E-state index contributed by atoms with van der Waals surface area (Å²) < 4.78 is 0. The molecule has 0 bridgehead atoms. The van der Waals surface area contributed by atoms with Crippen molar-refractivity contribution >= 4 is 5.91 Å². The van der Waals surface area contributed by atoms with E-state index in [1.54, 1.807) is 0 Å². The Morgan fingerprint density at radius 3 is 2.76 bits per heavy atom. The Balaban J connectivity index is 2.66. The molecule has 0 aromatic heterocycles. The maximum atomic E-state index is 11.7. The quantitative estimate of drug-likeness (QED) is 0.577. The van der Waals surface area contributed by atoms with Crippen LogP contribution in [-0.4, -0.2) is 33.9 Å². The molecule has 1 unspecified atom stereocenters. The van der Waals surface area contributed by atoms with Gasteiger partial charge in [0, 0.05) is 12.6 Å². The summed E-state index contributed by atoms with van der Waals surface area (Å²) in [7, 11) is 0. The number of aliphatic hydroxyl groups is 1. The van der Waals surface area contributed by atoms with Crippen molar-refractivity contribution in [3.8, 4) is 11.5 Å². The molecule has 0 spiro atoms. The maximum absolute atomic E-state index is 11.7. The lowest BCUT2D eigenvalue weighted by molar-refractivity contribution is 0.0933. The molecule has 1 amide bonds. The molecule has 0 radical (unpaired) electrons. The first-order valence-corrected chi connectivity index (χ1v) is 5.48. The summed E-state index contributed by atoms with van der Waals surface area (Å²) in [5.74, 6) is -0.686. The minimum Gasteiger partial charge on any atom is -0.508 e. The second-order valence-corrected chi connectivity index (χ2v) is 3.94. The Hall–Kier alpha value is -1.75. The van der Waals surface area contributed by atoms with Crippen molar-refractivity contribution in [2.75, 3.05) is 6.61 Å². The van der Waals surface area contributed by atoms with Gasteiger partial charge in [-0.25, -0.2) is 0 Å². The van der Waals surface area contributed by atoms with Crippen molar-refractivity contribution in [3.05, 3.63) is 23.8 Å². The van der Waals surface area contributed by atoms with Crippen LogP contribution in [0, 0.1) is 0 Å². The SMILES string of the molecule is CC(CCCO)NC(=O)c1cc(O)ccc1O. The van der Waals surface area contributed by atoms with Crippen molar-refractivity contribution in [2.24, 2.45) is 0 Å². The molecule has 17 heavy (non-hydrogen) atoms. The lowest BCUT2D eigenvalue weighted by Crippen LogP contribution is -2.32. The van der Waals surface area contributed by atoms with Crippen molar-refractivity contribution in [3.63, 3.8) is 0 Å². The smallest absolute Gasteiger partial charge is 0.255 e. The number of phenols is 2. The van der Waals surface area contributed by atoms with E-state index in [1.807, 2.05) is 6.92 Å². The lowest BCUT2D eigenvalue weighted by atomic mass is 10.1. The number of aliphatic hydroxyl groups excluding tert-OH is 1. The molecule has 1 rings (SSSR count). The fourth-order valence-electron chi connectivity index (χ4n) is 1.48. The summed E-state index contributed by atoms with van der Waals surface area (Å²) in [5, 5.41) is 30.1. The highest BCUT2D eigenvalue weighted by Crippen LogP contribution is 2.21. The highest BCUT2D eigenvalue weighted by molar-refractivity contribution is 5.97. The molecular weight excluding hydrogens is 222 g/mol. The third-order valence-electron chi connectivity index (χ3n) is 2.40. The van der Waals surface area contributed by atoms with Crippen LogP contribution in [0.5, 0.6) is 11.5 Å². The molecule has 0 aliphatic carbocycles. The molecule has 0 aliphatic heterocycles. The van der Waals surface area contributed by atoms with Gasteiger partial charge in [0.05, 0.1) is 5.56 Å². The number of hydrogen-bond acceptors (Lipinski definition) is 4. The van der Waals surface area contributed by atoms with Crippen LogP contribution in [0.3, 0.4) is 0 Å². The van der Waals surface area contributed by atoms with Gasteiger partial charge in [-0.3, -0.25) is 4.79 Å². The van der Waals surface area contributed by atoms with Crippen LogP contribution in [-0.2, 0) is 0 Å². The Labute approximate surface area is 99.7 Å². The summed E-state index contributed by atoms with van der Waals surface area (Å²) in [6, 6.07) is 3.68. The number of amides is 1. The highest BCUT2D eigenvalue weighted by Gasteiger charge is 2.14. The molecule has 0 saturated heterocycles. The molecular formula is C12H17NO4. The fourth-order valence-corrected chi connectivity index (χ4v) is 1.48. The van der Waals surface area contributed by atoms with Crippen LogP contribution in [0.25, 0.3) is 0 Å². The Kier molecular flexibility index (Phi) is 4.78. The standard InChI is InChI=1S/C12H17NO4/c1-8(3-2-6-14)13-12(17)10-7-9(15)4-5-11(10)16/h4-5,7-8,14-16H,2-3,6H2,1H3,(H,13,17). The van der Waals surface area contributed by atoms with Gasteiger partial charge in [-0.1, -0.05) is 0 Å². The van der Waals surface area contributed by atoms with Crippen LogP contribution in [0.4, 0.5) is 0 Å². The Bertz CT molecular complexity index is 392. The fraction of sp³-hybridized carbons (Fsp3) is 0.417. The molecule has 94 valence electrons. The average Bonchev–Trinajstić information content (AvgIpc) is 2.29. The summed E-state index contributed by atoms with van der Waals surface area (Å²) in [6.07, 6.45) is 1.26. The van der Waals surface area contributed by atoms with Gasteiger partial charge in [0.1, 0.15) is 11.5 Å². The highest BCUT2D eigenvalue weighted by atomic mass is 16.3. The van der Waals surface area contributed by atoms with Crippen LogP contribution < -0.4 is 5.32 Å². The van der Waals surface area contributed by atoms with Crippen molar-refractivity contribution in [1.82, 2.24) is 5.32 Å². The van der Waals surface area contributed by atoms with Gasteiger partial charge < -0.3 is 20.6 Å². The van der Waals surface area contributed by atoms with E-state index in [1.165, 1.54) is 18.2 Å². The van der Waals surface area contributed by atoms with Crippen molar-refractivity contribution < 1.29 is 20.1 Å². The second kappa shape index (κ2) is 6.10. The van der Waals surface area contributed by atoms with Gasteiger partial charge in [-0.05, 0) is 38.0 Å². The summed E-state index contributed by atoms with van der Waals surface area (Å²) in [4.78, 5) is 11.7. The second-order valence-electron chi connectivity index (χ2n) is 3.94. The molecule has 4 N–H and O–H groups in total. The third-order valence-corrected chi connectivity index (χ3v) is 2.40. The van der Waals surface area contributed by atoms with E-state index < -0.39 is 5.91 Å². The molecule has 0 fully saturated rings. The van der Waals surface area contributed by atoms with Crippen LogP contribution >= 0.6 is 0 Å². The molecule has 0 aliphatic rings. The van der Waals surface area contributed by atoms with Gasteiger partial charge in [0.15, 0.2) is 0 Å². The molecule has 0 heterocycles. The molecule has 0 saturated carbocycles. The zero-order chi connectivity index (χ0) is 12.8. The van der Waals surface area contributed by atoms with Crippen molar-refractivity contribution in [1.29, 1.82) is 0 Å². The van der Waals surface area contributed by atoms with E-state index in [0.717, 1.165) is 0 Å². The maximum Gasteiger partial charge on any atom is 0.255 e. The topological polar surface area (TPSA) is 89.8 Å². The van der Waals surface area contributed by atoms with Gasteiger partial charge in [-0.15, -0.1) is 0 Å². The zero-order valence-electron chi connectivity index (χ0n) is 9.68. The largest absolute Gasteiger partial charge is 0.508 e. The minimum atomic E-state index is -0.441. The third kappa shape index (κ3) is 3.96. The first-order valence-electron chi connectivity index (χ1n) is 5.48. The predicted octanol–water partition coefficient (Wildman–Crippen LogP) is 0.989. The molecule has 1 aromatic carbocycles. The number of rotatable bonds is 5. The first kappa shape index (κ1) is 13.3. The number of aromatic hydroxyl groups is 2. The molecule has 5 heteroatoms. The Morgan fingerprint density at radius 2 is 2.12 bits per heavy atom. The molecule has 1 aromatic rings. The van der Waals surface area contributed by atoms with Gasteiger partial charge >= 0.3 is 0 Å². The first-order chi connectivity index (χ1) is 8.04. The van der Waals surface area contributed by atoms with Crippen molar-refractivity contribution in [2.45, 2.75) is 25.8 Å². The van der Waals surface area contributed by atoms with E-state index in [2.05, 4.69) is 5.32 Å². The number of phenolic OH excluding ortho intramolecular Hbond substituents is 2. The average molecular weight is 239 g/mol. The van der Waals surface area contributed by atoms with E-state index in [9.17, 15) is 15.0 Å². The number of benzene rings is 1. The normalized spacial score (nSPS) is 12.1.